The van der Waals surface area contributed by atoms with E-state index in [2.05, 4.69) is 5.10 Å². The maximum atomic E-state index is 12.0. The van der Waals surface area contributed by atoms with Gasteiger partial charge in [0.15, 0.2) is 5.56 Å². The predicted octanol–water partition coefficient (Wildman–Crippen LogP) is 3.05. The van der Waals surface area contributed by atoms with Crippen LogP contribution in [0.4, 0.5) is 0 Å². The third-order valence-electron chi connectivity index (χ3n) is 2.56. The quantitative estimate of drug-likeness (QED) is 0.586. The van der Waals surface area contributed by atoms with Gasteiger partial charge in [-0.1, -0.05) is 18.2 Å². The summed E-state index contributed by atoms with van der Waals surface area (Å²) in [6.07, 6.45) is 0. The van der Waals surface area contributed by atoms with Crippen LogP contribution < -0.4 is 4.74 Å². The number of hydrogen-bond acceptors (Lipinski definition) is 4. The third kappa shape index (κ3) is 2.95. The highest BCUT2D eigenvalue weighted by molar-refractivity contribution is 14.1. The summed E-state index contributed by atoms with van der Waals surface area (Å²) in [5, 5.41) is 4.38. The second kappa shape index (κ2) is 6.74. The highest BCUT2D eigenvalue weighted by Gasteiger charge is 2.25. The lowest BCUT2D eigenvalue weighted by atomic mass is 10.3. The first kappa shape index (κ1) is 14.8. The average molecular weight is 386 g/mol. The van der Waals surface area contributed by atoms with E-state index < -0.39 is 5.97 Å². The number of aromatic nitrogens is 2. The Labute approximate surface area is 131 Å². The molecule has 2 rings (SSSR count). The van der Waals surface area contributed by atoms with Crippen LogP contribution >= 0.6 is 22.6 Å². The zero-order valence-corrected chi connectivity index (χ0v) is 13.5. The van der Waals surface area contributed by atoms with Crippen LogP contribution in [0, 0.1) is 3.70 Å². The number of ether oxygens (including phenoxy) is 2. The molecule has 0 unspecified atom stereocenters. The first-order valence-electron chi connectivity index (χ1n) is 6.32. The van der Waals surface area contributed by atoms with Gasteiger partial charge in [0.25, 0.3) is 0 Å². The maximum absolute atomic E-state index is 12.0. The van der Waals surface area contributed by atoms with E-state index in [0.717, 1.165) is 5.69 Å². The van der Waals surface area contributed by atoms with Crippen molar-refractivity contribution in [3.05, 3.63) is 39.6 Å². The third-order valence-corrected chi connectivity index (χ3v) is 3.32. The van der Waals surface area contributed by atoms with Gasteiger partial charge < -0.3 is 9.47 Å². The first-order valence-corrected chi connectivity index (χ1v) is 7.40. The molecule has 0 aliphatic rings. The molecule has 0 fully saturated rings. The molecule has 0 saturated carbocycles. The Morgan fingerprint density at radius 1 is 1.25 bits per heavy atom. The highest BCUT2D eigenvalue weighted by atomic mass is 127. The first-order chi connectivity index (χ1) is 9.69. The van der Waals surface area contributed by atoms with E-state index in [1.165, 1.54) is 0 Å². The molecular weight excluding hydrogens is 371 g/mol. The number of carbonyl (C=O) groups excluding carboxylic acids is 1. The minimum Gasteiger partial charge on any atom is -0.477 e. The van der Waals surface area contributed by atoms with Gasteiger partial charge in [-0.25, -0.2) is 4.79 Å². The number of para-hydroxylation sites is 1. The lowest BCUT2D eigenvalue weighted by Gasteiger charge is -2.09. The largest absolute Gasteiger partial charge is 0.477 e. The van der Waals surface area contributed by atoms with E-state index in [1.54, 1.807) is 11.6 Å². The van der Waals surface area contributed by atoms with E-state index in [-0.39, 0.29) is 0 Å². The van der Waals surface area contributed by atoms with Gasteiger partial charge in [-0.05, 0) is 48.6 Å². The number of carbonyl (C=O) groups is 1. The molecule has 0 aliphatic heterocycles. The summed E-state index contributed by atoms with van der Waals surface area (Å²) in [4.78, 5) is 12.0. The number of nitrogens with zero attached hydrogens (tertiary/aromatic N) is 2. The van der Waals surface area contributed by atoms with Crippen LogP contribution in [0.1, 0.15) is 24.2 Å². The normalized spacial score (nSPS) is 10.3. The molecule has 20 heavy (non-hydrogen) atoms. The van der Waals surface area contributed by atoms with Gasteiger partial charge >= 0.3 is 5.97 Å². The molecule has 0 spiro atoms. The van der Waals surface area contributed by atoms with Crippen LogP contribution in [-0.4, -0.2) is 29.0 Å². The summed E-state index contributed by atoms with van der Waals surface area (Å²) in [7, 11) is 0. The molecule has 2 aromatic rings. The zero-order valence-electron chi connectivity index (χ0n) is 11.3. The Morgan fingerprint density at radius 2 is 1.95 bits per heavy atom. The van der Waals surface area contributed by atoms with Crippen LogP contribution in [0.15, 0.2) is 30.3 Å². The van der Waals surface area contributed by atoms with Crippen molar-refractivity contribution < 1.29 is 14.3 Å². The van der Waals surface area contributed by atoms with Gasteiger partial charge in [0.2, 0.25) is 5.88 Å². The van der Waals surface area contributed by atoms with Crippen molar-refractivity contribution in [3.63, 3.8) is 0 Å². The molecule has 5 nitrogen and oxygen atoms in total. The second-order valence-electron chi connectivity index (χ2n) is 3.87. The Hall–Kier alpha value is -1.57. The van der Waals surface area contributed by atoms with Gasteiger partial charge in [0.05, 0.1) is 18.9 Å². The molecule has 1 aromatic carbocycles. The van der Waals surface area contributed by atoms with Gasteiger partial charge in [-0.3, -0.25) is 0 Å². The Bertz CT molecular complexity index is 596. The SMILES string of the molecule is CCOC(=O)c1c(I)nn(-c2ccccc2)c1OCC. The van der Waals surface area contributed by atoms with E-state index in [0.29, 0.717) is 28.4 Å². The minimum atomic E-state index is -0.414. The van der Waals surface area contributed by atoms with Crippen molar-refractivity contribution in [2.75, 3.05) is 13.2 Å². The number of benzene rings is 1. The maximum Gasteiger partial charge on any atom is 0.346 e. The number of halogens is 1. The van der Waals surface area contributed by atoms with Crippen LogP contribution in [0.3, 0.4) is 0 Å². The number of hydrogen-bond donors (Lipinski definition) is 0. The number of esters is 1. The van der Waals surface area contributed by atoms with Crippen molar-refractivity contribution in [2.24, 2.45) is 0 Å². The Kier molecular flexibility index (Phi) is 4.99. The predicted molar refractivity (Wildman–Crippen MR) is 83.4 cm³/mol. The minimum absolute atomic E-state index is 0.316. The molecule has 0 N–H and O–H groups in total. The molecule has 106 valence electrons. The summed E-state index contributed by atoms with van der Waals surface area (Å²) in [5.74, 6) is 0.00378. The van der Waals surface area contributed by atoms with Crippen LogP contribution in [0.2, 0.25) is 0 Å². The van der Waals surface area contributed by atoms with Crippen molar-refractivity contribution in [1.82, 2.24) is 9.78 Å². The lowest BCUT2D eigenvalue weighted by Crippen LogP contribution is -2.09. The van der Waals surface area contributed by atoms with E-state index in [1.807, 2.05) is 59.8 Å². The standard InChI is InChI=1S/C14H15IN2O3/c1-3-19-13-11(14(18)20-4-2)12(15)16-17(13)10-8-6-5-7-9-10/h5-9H,3-4H2,1-2H3. The van der Waals surface area contributed by atoms with E-state index >= 15 is 0 Å². The van der Waals surface area contributed by atoms with Crippen LogP contribution in [-0.2, 0) is 4.74 Å². The molecule has 0 saturated heterocycles. The summed E-state index contributed by atoms with van der Waals surface area (Å²) in [5.41, 5.74) is 1.21. The average Bonchev–Trinajstić information content (AvgIpc) is 2.77. The molecule has 0 amide bonds. The lowest BCUT2D eigenvalue weighted by molar-refractivity contribution is 0.0520. The van der Waals surface area contributed by atoms with Crippen LogP contribution in [0.25, 0.3) is 5.69 Å². The van der Waals surface area contributed by atoms with Crippen molar-refractivity contribution in [2.45, 2.75) is 13.8 Å². The monoisotopic (exact) mass is 386 g/mol. The van der Waals surface area contributed by atoms with Gasteiger partial charge in [0.1, 0.15) is 3.70 Å². The molecule has 0 atom stereocenters. The Morgan fingerprint density at radius 3 is 2.55 bits per heavy atom. The molecule has 1 aromatic heterocycles. The molecular formula is C14H15IN2O3. The summed E-state index contributed by atoms with van der Waals surface area (Å²) >= 11 is 2.02. The highest BCUT2D eigenvalue weighted by Crippen LogP contribution is 2.28. The van der Waals surface area contributed by atoms with Crippen molar-refractivity contribution in [1.29, 1.82) is 0 Å². The van der Waals surface area contributed by atoms with Gasteiger partial charge in [-0.2, -0.15) is 9.78 Å². The topological polar surface area (TPSA) is 53.3 Å². The van der Waals surface area contributed by atoms with E-state index in [4.69, 9.17) is 9.47 Å². The van der Waals surface area contributed by atoms with Crippen LogP contribution in [0.5, 0.6) is 5.88 Å². The molecule has 0 aliphatic carbocycles. The molecule has 1 heterocycles. The molecule has 0 radical (unpaired) electrons. The van der Waals surface area contributed by atoms with Crippen molar-refractivity contribution >= 4 is 28.6 Å². The smallest absolute Gasteiger partial charge is 0.346 e. The summed E-state index contributed by atoms with van der Waals surface area (Å²) < 4.78 is 12.9. The zero-order chi connectivity index (χ0) is 14.5. The Balaban J connectivity index is 2.53. The van der Waals surface area contributed by atoms with Gasteiger partial charge in [0, 0.05) is 0 Å². The van der Waals surface area contributed by atoms with Crippen molar-refractivity contribution in [3.8, 4) is 11.6 Å². The fraction of sp³-hybridized carbons (Fsp3) is 0.286. The van der Waals surface area contributed by atoms with E-state index in [9.17, 15) is 4.79 Å². The summed E-state index contributed by atoms with van der Waals surface area (Å²) in [6.45, 7) is 4.40. The molecule has 0 bridgehead atoms. The molecule has 6 heteroatoms. The summed E-state index contributed by atoms with van der Waals surface area (Å²) in [6, 6.07) is 9.54. The second-order valence-corrected chi connectivity index (χ2v) is 4.89. The van der Waals surface area contributed by atoms with Gasteiger partial charge in [-0.15, -0.1) is 0 Å². The fourth-order valence-electron chi connectivity index (χ4n) is 1.77. The fourth-order valence-corrected chi connectivity index (χ4v) is 2.43. The number of rotatable bonds is 5.